The van der Waals surface area contributed by atoms with E-state index in [0.29, 0.717) is 32.1 Å². The van der Waals surface area contributed by atoms with Crippen LogP contribution >= 0.6 is 0 Å². The summed E-state index contributed by atoms with van der Waals surface area (Å²) in [5.41, 5.74) is -2.42. The van der Waals surface area contributed by atoms with Gasteiger partial charge in [0.15, 0.2) is 12.6 Å². The number of aliphatic hydroxyl groups excluding tert-OH is 9. The molecule has 0 radical (unpaired) electrons. The van der Waals surface area contributed by atoms with Gasteiger partial charge in [-0.05, 0) is 72.5 Å². The third kappa shape index (κ3) is 7.61. The van der Waals surface area contributed by atoms with Crippen LogP contribution in [0.5, 0.6) is 0 Å². The first-order chi connectivity index (χ1) is 25.8. The Kier molecular flexibility index (Phi) is 13.2. The van der Waals surface area contributed by atoms with E-state index >= 15 is 0 Å². The summed E-state index contributed by atoms with van der Waals surface area (Å²) in [6, 6.07) is 0. The molecule has 15 heteroatoms. The van der Waals surface area contributed by atoms with Gasteiger partial charge in [-0.3, -0.25) is 0 Å². The predicted molar refractivity (Wildman–Crippen MR) is 195 cm³/mol. The van der Waals surface area contributed by atoms with Crippen molar-refractivity contribution in [3.63, 3.8) is 0 Å². The van der Waals surface area contributed by atoms with E-state index in [1.807, 2.05) is 32.9 Å². The average Bonchev–Trinajstić information content (AvgIpc) is 3.54. The minimum atomic E-state index is -1.46. The maximum Gasteiger partial charge on any atom is 0.187 e. The maximum atomic E-state index is 12.6. The highest BCUT2D eigenvalue weighted by Crippen LogP contribution is 2.69. The molecule has 0 aromatic carbocycles. The molecule has 15 nitrogen and oxygen atoms in total. The molecule has 0 amide bonds. The fraction of sp³-hybridized carbons (Fsp3) is 0.950. The Morgan fingerprint density at radius 3 is 2.18 bits per heavy atom. The second-order valence-electron chi connectivity index (χ2n) is 18.6. The van der Waals surface area contributed by atoms with Gasteiger partial charge in [0.1, 0.15) is 42.7 Å². The number of ether oxygens (including phenoxy) is 5. The molecule has 4 saturated carbocycles. The molecule has 0 aromatic rings. The van der Waals surface area contributed by atoms with Gasteiger partial charge < -0.3 is 74.7 Å². The second kappa shape index (κ2) is 16.7. The Morgan fingerprint density at radius 2 is 1.53 bits per heavy atom. The number of fused-ring (bicyclic) bond motifs is 5. The van der Waals surface area contributed by atoms with Gasteiger partial charge in [0.05, 0.1) is 49.8 Å². The van der Waals surface area contributed by atoms with Gasteiger partial charge in [-0.15, -0.1) is 0 Å². The van der Waals surface area contributed by atoms with Gasteiger partial charge in [0.25, 0.3) is 0 Å². The predicted octanol–water partition coefficient (Wildman–Crippen LogP) is -0.568. The number of aliphatic hydroxyl groups is 10. The molecule has 6 fully saturated rings. The molecule has 2 heterocycles. The molecule has 10 N–H and O–H groups in total. The van der Waals surface area contributed by atoms with E-state index in [9.17, 15) is 51.1 Å². The number of hydrogen-bond donors (Lipinski definition) is 10. The van der Waals surface area contributed by atoms with E-state index in [0.717, 1.165) is 0 Å². The molecule has 6 rings (SSSR count). The molecular weight excluding hydrogens is 720 g/mol. The molecule has 2 aliphatic heterocycles. The van der Waals surface area contributed by atoms with Crippen molar-refractivity contribution in [3.8, 4) is 0 Å². The molecule has 2 saturated heterocycles. The van der Waals surface area contributed by atoms with Gasteiger partial charge in [-0.25, -0.2) is 0 Å². The van der Waals surface area contributed by atoms with Gasteiger partial charge in [0, 0.05) is 25.4 Å². The van der Waals surface area contributed by atoms with Crippen molar-refractivity contribution in [2.45, 2.75) is 158 Å². The lowest BCUT2D eigenvalue weighted by atomic mass is 9.42. The lowest BCUT2D eigenvalue weighted by Crippen LogP contribution is -2.68. The minimum Gasteiger partial charge on any atom is -0.394 e. The van der Waals surface area contributed by atoms with Crippen LogP contribution in [-0.4, -0.2) is 163 Å². The summed E-state index contributed by atoms with van der Waals surface area (Å²) in [6.07, 6.45) is -7.81. The zero-order chi connectivity index (χ0) is 40.4. The Morgan fingerprint density at radius 1 is 0.836 bits per heavy atom. The first-order valence-electron chi connectivity index (χ1n) is 20.4. The number of methoxy groups -OCH3 is 1. The smallest absolute Gasteiger partial charge is 0.187 e. The van der Waals surface area contributed by atoms with Crippen LogP contribution in [0.15, 0.2) is 12.2 Å². The highest BCUT2D eigenvalue weighted by molar-refractivity contribution is 5.22. The first kappa shape index (κ1) is 43.7. The van der Waals surface area contributed by atoms with E-state index in [1.54, 1.807) is 0 Å². The first-order valence-corrected chi connectivity index (χ1v) is 20.4. The fourth-order valence-electron chi connectivity index (χ4n) is 12.2. The van der Waals surface area contributed by atoms with Crippen LogP contribution in [-0.2, 0) is 23.7 Å². The molecule has 4 aliphatic carbocycles. The molecule has 318 valence electrons. The normalized spacial score (nSPS) is 51.8. The molecule has 6 aliphatic rings. The Balaban J connectivity index is 1.17. The zero-order valence-electron chi connectivity index (χ0n) is 33.1. The summed E-state index contributed by atoms with van der Waals surface area (Å²) in [6.45, 7) is 9.35. The van der Waals surface area contributed by atoms with Crippen LogP contribution in [0.2, 0.25) is 0 Å². The Labute approximate surface area is 324 Å². The summed E-state index contributed by atoms with van der Waals surface area (Å²) in [7, 11) is 1.32. The van der Waals surface area contributed by atoms with E-state index in [2.05, 4.69) is 13.8 Å². The summed E-state index contributed by atoms with van der Waals surface area (Å²) < 4.78 is 29.0. The van der Waals surface area contributed by atoms with E-state index < -0.39 is 115 Å². The Bertz CT molecular complexity index is 1320. The largest absolute Gasteiger partial charge is 0.394 e. The van der Waals surface area contributed by atoms with Crippen LogP contribution in [0.4, 0.5) is 0 Å². The monoisotopic (exact) mass is 788 g/mol. The average molecular weight is 789 g/mol. The summed E-state index contributed by atoms with van der Waals surface area (Å²) in [4.78, 5) is 0. The summed E-state index contributed by atoms with van der Waals surface area (Å²) >= 11 is 0. The van der Waals surface area contributed by atoms with Crippen molar-refractivity contribution in [2.75, 3.05) is 26.9 Å². The second-order valence-corrected chi connectivity index (χ2v) is 18.6. The van der Waals surface area contributed by atoms with Gasteiger partial charge in [-0.2, -0.15) is 0 Å². The molecule has 0 spiro atoms. The fourth-order valence-corrected chi connectivity index (χ4v) is 12.2. The molecule has 22 atom stereocenters. The van der Waals surface area contributed by atoms with E-state index in [4.69, 9.17) is 23.7 Å². The summed E-state index contributed by atoms with van der Waals surface area (Å²) in [5, 5.41) is 110. The Hall–Kier alpha value is -0.860. The molecule has 55 heavy (non-hydrogen) atoms. The van der Waals surface area contributed by atoms with Crippen LogP contribution < -0.4 is 0 Å². The van der Waals surface area contributed by atoms with Gasteiger partial charge >= 0.3 is 0 Å². The molecule has 0 aromatic heterocycles. The zero-order valence-corrected chi connectivity index (χ0v) is 33.1. The number of allylic oxidation sites excluding steroid dienone is 1. The highest BCUT2D eigenvalue weighted by Gasteiger charge is 2.72. The molecular formula is C40H68O15. The maximum absolute atomic E-state index is 12.6. The third-order valence-electron chi connectivity index (χ3n) is 15.2. The molecule has 13 unspecified atom stereocenters. The standard InChI is InChI=1S/C40H68O15/c1-18(2)20(16-52-37-34(31(49)32(54-37)24(44)15-41)55-36-33(51-6)28(46)25(45)17-53-36)8-7-19(3)27-29(47)30(48)35-39(27,5)12-10-26-38(4)11-9-21(42)13-22(38)23(43)14-40(26,35)50/h7-8,18-37,41-50H,9-17H2,1-6H3/b8-7+/t19-,20?,21+,22?,23+,24?,25?,26?,27+,28?,29-,30-,31?,32?,33?,34?,35?,36?,37?,38+,39-,40+/m1/s1. The van der Waals surface area contributed by atoms with Crippen LogP contribution in [0.25, 0.3) is 0 Å². The van der Waals surface area contributed by atoms with E-state index in [1.165, 1.54) is 7.11 Å². The third-order valence-corrected chi connectivity index (χ3v) is 15.2. The van der Waals surface area contributed by atoms with E-state index in [-0.39, 0.29) is 49.2 Å². The topological polar surface area (TPSA) is 248 Å². The van der Waals surface area contributed by atoms with Crippen molar-refractivity contribution in [1.82, 2.24) is 0 Å². The quantitative estimate of drug-likeness (QED) is 0.111. The minimum absolute atomic E-state index is 0.0502. The van der Waals surface area contributed by atoms with Crippen molar-refractivity contribution in [1.29, 1.82) is 0 Å². The highest BCUT2D eigenvalue weighted by atomic mass is 16.8. The van der Waals surface area contributed by atoms with Crippen molar-refractivity contribution in [2.24, 2.45) is 52.3 Å². The van der Waals surface area contributed by atoms with Gasteiger partial charge in [0.2, 0.25) is 0 Å². The van der Waals surface area contributed by atoms with Crippen molar-refractivity contribution >= 4 is 0 Å². The van der Waals surface area contributed by atoms with Crippen LogP contribution in [0.3, 0.4) is 0 Å². The molecule has 0 bridgehead atoms. The number of rotatable bonds is 12. The van der Waals surface area contributed by atoms with Gasteiger partial charge in [-0.1, -0.05) is 46.8 Å². The lowest BCUT2D eigenvalue weighted by Gasteiger charge is -2.65. The van der Waals surface area contributed by atoms with Crippen molar-refractivity contribution < 1.29 is 74.7 Å². The van der Waals surface area contributed by atoms with Crippen molar-refractivity contribution in [3.05, 3.63) is 12.2 Å². The van der Waals surface area contributed by atoms with Crippen LogP contribution in [0.1, 0.15) is 73.1 Å². The SMILES string of the molecule is COC1C(OC2C(OCC(/C=C/[C@@H](C)[C@H]3[C@@H](O)[C@@H](O)C4[C@]5(O)C[C@H](O)C6C[C@@H](O)CC[C@]6(C)C5CC[C@@]43C)C(C)C)OC(C(O)CO)C2O)OCC(O)C1O. The lowest BCUT2D eigenvalue weighted by molar-refractivity contribution is -0.308. The summed E-state index contributed by atoms with van der Waals surface area (Å²) in [5.74, 6) is -1.77. The number of hydrogen-bond acceptors (Lipinski definition) is 15. The van der Waals surface area contributed by atoms with Crippen LogP contribution in [0, 0.1) is 52.3 Å².